The number of carbonyl (C=O) groups excluding carboxylic acids is 2. The molecule has 8 heteroatoms. The standard InChI is InChI=1S/C10H20N4O4/c1-3-6(14-11)10(18)13-7(9(17)12-2)4-5-8(15)16/h6-7,14H,3-5,11H2,1-2H3,(H,12,17)(H,13,18)(H,15,16). The van der Waals surface area contributed by atoms with Crippen molar-refractivity contribution in [1.82, 2.24) is 16.1 Å². The largest absolute Gasteiger partial charge is 0.481 e. The number of carboxylic acid groups (broad SMARTS) is 1. The number of hydrogen-bond donors (Lipinski definition) is 5. The number of nitrogens with two attached hydrogens (primary N) is 1. The highest BCUT2D eigenvalue weighted by Crippen LogP contribution is 2.00. The predicted octanol–water partition coefficient (Wildman–Crippen LogP) is -1.68. The molecule has 0 radical (unpaired) electrons. The van der Waals surface area contributed by atoms with Gasteiger partial charge in [0.15, 0.2) is 0 Å². The number of aliphatic carboxylic acids is 1. The van der Waals surface area contributed by atoms with Crippen LogP contribution in [-0.2, 0) is 14.4 Å². The average Bonchev–Trinajstić information content (AvgIpc) is 2.34. The Bertz CT molecular complexity index is 304. The molecule has 0 bridgehead atoms. The predicted molar refractivity (Wildman–Crippen MR) is 64.3 cm³/mol. The Balaban J connectivity index is 4.52. The zero-order chi connectivity index (χ0) is 14.1. The van der Waals surface area contributed by atoms with Crippen molar-refractivity contribution in [2.45, 2.75) is 38.3 Å². The monoisotopic (exact) mass is 260 g/mol. The lowest BCUT2D eigenvalue weighted by atomic mass is 10.1. The summed E-state index contributed by atoms with van der Waals surface area (Å²) in [5.74, 6) is 3.29. The molecule has 18 heavy (non-hydrogen) atoms. The first kappa shape index (κ1) is 16.3. The van der Waals surface area contributed by atoms with Crippen LogP contribution in [0.4, 0.5) is 0 Å². The van der Waals surface area contributed by atoms with Crippen LogP contribution in [0.1, 0.15) is 26.2 Å². The van der Waals surface area contributed by atoms with Crippen LogP contribution in [0.2, 0.25) is 0 Å². The zero-order valence-electron chi connectivity index (χ0n) is 10.5. The second kappa shape index (κ2) is 8.43. The third-order valence-corrected chi connectivity index (χ3v) is 2.45. The minimum absolute atomic E-state index is 0.0295. The van der Waals surface area contributed by atoms with Gasteiger partial charge in [-0.3, -0.25) is 20.2 Å². The second-order valence-electron chi connectivity index (χ2n) is 3.74. The van der Waals surface area contributed by atoms with Crippen LogP contribution in [0.5, 0.6) is 0 Å². The first-order valence-electron chi connectivity index (χ1n) is 5.66. The molecule has 2 amide bonds. The molecule has 0 rings (SSSR count). The molecule has 104 valence electrons. The lowest BCUT2D eigenvalue weighted by molar-refractivity contribution is -0.138. The molecule has 0 aliphatic heterocycles. The maximum Gasteiger partial charge on any atom is 0.303 e. The van der Waals surface area contributed by atoms with Crippen LogP contribution in [0.3, 0.4) is 0 Å². The van der Waals surface area contributed by atoms with Gasteiger partial charge in [0.1, 0.15) is 6.04 Å². The minimum Gasteiger partial charge on any atom is -0.481 e. The van der Waals surface area contributed by atoms with Gasteiger partial charge < -0.3 is 15.7 Å². The number of carbonyl (C=O) groups is 3. The first-order valence-corrected chi connectivity index (χ1v) is 5.66. The Morgan fingerprint density at radius 1 is 1.22 bits per heavy atom. The van der Waals surface area contributed by atoms with E-state index in [2.05, 4.69) is 16.1 Å². The molecule has 2 atom stereocenters. The Morgan fingerprint density at radius 3 is 2.22 bits per heavy atom. The van der Waals surface area contributed by atoms with E-state index >= 15 is 0 Å². The Hall–Kier alpha value is -1.67. The van der Waals surface area contributed by atoms with Crippen molar-refractivity contribution in [3.8, 4) is 0 Å². The molecular formula is C10H20N4O4. The minimum atomic E-state index is -1.03. The van der Waals surface area contributed by atoms with Gasteiger partial charge in [0.2, 0.25) is 11.8 Å². The molecule has 0 aromatic carbocycles. The van der Waals surface area contributed by atoms with Gasteiger partial charge in [-0.05, 0) is 12.8 Å². The van der Waals surface area contributed by atoms with Gasteiger partial charge >= 0.3 is 5.97 Å². The Labute approximate surface area is 105 Å². The molecule has 0 aliphatic rings. The highest BCUT2D eigenvalue weighted by molar-refractivity contribution is 5.89. The SMILES string of the molecule is CCC(NN)C(=O)NC(CCC(=O)O)C(=O)NC. The summed E-state index contributed by atoms with van der Waals surface area (Å²) in [6.45, 7) is 1.76. The molecule has 0 saturated heterocycles. The van der Waals surface area contributed by atoms with Crippen LogP contribution in [0, 0.1) is 0 Å². The summed E-state index contributed by atoms with van der Waals surface area (Å²) in [5.41, 5.74) is 2.32. The van der Waals surface area contributed by atoms with E-state index in [0.29, 0.717) is 6.42 Å². The molecule has 8 nitrogen and oxygen atoms in total. The van der Waals surface area contributed by atoms with Crippen LogP contribution in [0.25, 0.3) is 0 Å². The average molecular weight is 260 g/mol. The van der Waals surface area contributed by atoms with Crippen LogP contribution in [-0.4, -0.2) is 42.0 Å². The quantitative estimate of drug-likeness (QED) is 0.261. The normalized spacial score (nSPS) is 13.5. The summed E-state index contributed by atoms with van der Waals surface area (Å²) in [6, 6.07) is -1.48. The number of amides is 2. The van der Waals surface area contributed by atoms with E-state index in [-0.39, 0.29) is 12.8 Å². The fraction of sp³-hybridized carbons (Fsp3) is 0.700. The van der Waals surface area contributed by atoms with Crippen molar-refractivity contribution in [3.05, 3.63) is 0 Å². The van der Waals surface area contributed by atoms with Gasteiger partial charge in [-0.2, -0.15) is 0 Å². The highest BCUT2D eigenvalue weighted by atomic mass is 16.4. The molecular weight excluding hydrogens is 240 g/mol. The summed E-state index contributed by atoms with van der Waals surface area (Å²) in [7, 11) is 1.42. The van der Waals surface area contributed by atoms with Crippen LogP contribution >= 0.6 is 0 Å². The van der Waals surface area contributed by atoms with Gasteiger partial charge in [0.05, 0.1) is 6.04 Å². The van der Waals surface area contributed by atoms with Crippen molar-refractivity contribution in [3.63, 3.8) is 0 Å². The van der Waals surface area contributed by atoms with Crippen molar-refractivity contribution < 1.29 is 19.5 Å². The fourth-order valence-electron chi connectivity index (χ4n) is 1.36. The van der Waals surface area contributed by atoms with E-state index in [0.717, 1.165) is 0 Å². The lowest BCUT2D eigenvalue weighted by Gasteiger charge is -2.20. The van der Waals surface area contributed by atoms with Gasteiger partial charge in [-0.25, -0.2) is 5.43 Å². The molecule has 6 N–H and O–H groups in total. The van der Waals surface area contributed by atoms with Crippen LogP contribution < -0.4 is 21.9 Å². The molecule has 2 unspecified atom stereocenters. The molecule has 0 aromatic rings. The van der Waals surface area contributed by atoms with Crippen LogP contribution in [0.15, 0.2) is 0 Å². The number of hydrogen-bond acceptors (Lipinski definition) is 5. The maximum absolute atomic E-state index is 11.7. The van der Waals surface area contributed by atoms with Crippen molar-refractivity contribution in [2.24, 2.45) is 5.84 Å². The second-order valence-corrected chi connectivity index (χ2v) is 3.74. The number of rotatable bonds is 8. The zero-order valence-corrected chi connectivity index (χ0v) is 10.5. The summed E-state index contributed by atoms with van der Waals surface area (Å²) >= 11 is 0. The summed E-state index contributed by atoms with van der Waals surface area (Å²) in [5, 5.41) is 13.4. The topological polar surface area (TPSA) is 134 Å². The lowest BCUT2D eigenvalue weighted by Crippen LogP contribution is -2.53. The summed E-state index contributed by atoms with van der Waals surface area (Å²) in [6.07, 6.45) is 0.286. The molecule has 0 aromatic heterocycles. The number of carboxylic acids is 1. The number of likely N-dealkylation sites (N-methyl/N-ethyl adjacent to an activating group) is 1. The summed E-state index contributed by atoms with van der Waals surface area (Å²) in [4.78, 5) is 33.7. The van der Waals surface area contributed by atoms with Crippen molar-refractivity contribution in [1.29, 1.82) is 0 Å². The van der Waals surface area contributed by atoms with E-state index < -0.39 is 29.9 Å². The van der Waals surface area contributed by atoms with Crippen molar-refractivity contribution in [2.75, 3.05) is 7.05 Å². The molecule has 0 heterocycles. The number of nitrogens with one attached hydrogen (secondary N) is 3. The van der Waals surface area contributed by atoms with Gasteiger partial charge in [0, 0.05) is 13.5 Å². The van der Waals surface area contributed by atoms with Gasteiger partial charge in [-0.15, -0.1) is 0 Å². The summed E-state index contributed by atoms with van der Waals surface area (Å²) < 4.78 is 0. The van der Waals surface area contributed by atoms with E-state index in [1.807, 2.05) is 0 Å². The third kappa shape index (κ3) is 5.60. The van der Waals surface area contributed by atoms with E-state index in [1.54, 1.807) is 6.92 Å². The van der Waals surface area contributed by atoms with Crippen molar-refractivity contribution >= 4 is 17.8 Å². The maximum atomic E-state index is 11.7. The van der Waals surface area contributed by atoms with Gasteiger partial charge in [-0.1, -0.05) is 6.92 Å². The molecule has 0 spiro atoms. The molecule has 0 fully saturated rings. The van der Waals surface area contributed by atoms with E-state index in [1.165, 1.54) is 7.05 Å². The smallest absolute Gasteiger partial charge is 0.303 e. The Morgan fingerprint density at radius 2 is 1.83 bits per heavy atom. The number of hydrazine groups is 1. The highest BCUT2D eigenvalue weighted by Gasteiger charge is 2.23. The Kier molecular flexibility index (Phi) is 7.64. The van der Waals surface area contributed by atoms with Gasteiger partial charge in [0.25, 0.3) is 0 Å². The van der Waals surface area contributed by atoms with E-state index in [4.69, 9.17) is 10.9 Å². The molecule has 0 saturated carbocycles. The first-order chi connectivity index (χ1) is 8.46. The van der Waals surface area contributed by atoms with E-state index in [9.17, 15) is 14.4 Å². The fourth-order valence-corrected chi connectivity index (χ4v) is 1.36. The molecule has 0 aliphatic carbocycles. The third-order valence-electron chi connectivity index (χ3n) is 2.45.